The van der Waals surface area contributed by atoms with Gasteiger partial charge in [-0.05, 0) is 50.6 Å². The maximum absolute atomic E-state index is 12.5. The van der Waals surface area contributed by atoms with Gasteiger partial charge >= 0.3 is 0 Å². The van der Waals surface area contributed by atoms with E-state index >= 15 is 0 Å². The zero-order chi connectivity index (χ0) is 14.6. The number of nitrogens with one attached hydrogen (secondary N) is 2. The van der Waals surface area contributed by atoms with Gasteiger partial charge in [0.1, 0.15) is 0 Å². The topological polar surface area (TPSA) is 84.2 Å². The third-order valence-corrected chi connectivity index (χ3v) is 4.12. The molecule has 5 nitrogen and oxygen atoms in total. The minimum Gasteiger partial charge on any atom is -0.366 e. The molecule has 0 bridgehead atoms. The summed E-state index contributed by atoms with van der Waals surface area (Å²) in [5.41, 5.74) is 5.96. The molecule has 1 aromatic carbocycles. The molecule has 1 aliphatic rings. The van der Waals surface area contributed by atoms with Crippen molar-refractivity contribution in [3.63, 3.8) is 0 Å². The van der Waals surface area contributed by atoms with Crippen LogP contribution in [0, 0.1) is 5.41 Å². The van der Waals surface area contributed by atoms with Crippen LogP contribution in [-0.4, -0.2) is 24.9 Å². The van der Waals surface area contributed by atoms with E-state index in [0.717, 1.165) is 32.4 Å². The predicted molar refractivity (Wildman–Crippen MR) is 78.4 cm³/mol. The molecule has 0 saturated carbocycles. The number of carbonyl (C=O) groups is 2. The molecule has 5 heteroatoms. The first-order chi connectivity index (χ1) is 9.57. The summed E-state index contributed by atoms with van der Waals surface area (Å²) >= 11 is 0. The van der Waals surface area contributed by atoms with E-state index in [1.807, 2.05) is 6.92 Å². The van der Waals surface area contributed by atoms with Crippen molar-refractivity contribution in [3.05, 3.63) is 29.8 Å². The van der Waals surface area contributed by atoms with Crippen LogP contribution in [0.25, 0.3) is 0 Å². The first-order valence-corrected chi connectivity index (χ1v) is 6.99. The normalized spacial score (nSPS) is 17.4. The summed E-state index contributed by atoms with van der Waals surface area (Å²) in [5.74, 6) is -0.462. The average Bonchev–Trinajstić information content (AvgIpc) is 2.48. The number of nitrogens with two attached hydrogens (primary N) is 1. The number of rotatable bonds is 4. The van der Waals surface area contributed by atoms with Crippen LogP contribution in [0.4, 0.5) is 5.69 Å². The number of piperidine rings is 1. The Morgan fingerprint density at radius 2 is 2.05 bits per heavy atom. The van der Waals surface area contributed by atoms with Gasteiger partial charge in [-0.15, -0.1) is 0 Å². The second-order valence-electron chi connectivity index (χ2n) is 5.28. The summed E-state index contributed by atoms with van der Waals surface area (Å²) in [6, 6.07) is 6.74. The molecule has 1 heterocycles. The minimum absolute atomic E-state index is 0.0307. The van der Waals surface area contributed by atoms with Gasteiger partial charge in [0.15, 0.2) is 0 Å². The Morgan fingerprint density at radius 1 is 1.35 bits per heavy atom. The molecule has 1 fully saturated rings. The van der Waals surface area contributed by atoms with Crippen molar-refractivity contribution < 1.29 is 9.59 Å². The lowest BCUT2D eigenvalue weighted by molar-refractivity contribution is -0.127. The van der Waals surface area contributed by atoms with Gasteiger partial charge in [0, 0.05) is 11.3 Å². The second-order valence-corrected chi connectivity index (χ2v) is 5.28. The van der Waals surface area contributed by atoms with Crippen molar-refractivity contribution >= 4 is 17.5 Å². The van der Waals surface area contributed by atoms with Gasteiger partial charge in [-0.2, -0.15) is 0 Å². The Labute approximate surface area is 118 Å². The number of anilines is 1. The zero-order valence-corrected chi connectivity index (χ0v) is 11.7. The van der Waals surface area contributed by atoms with E-state index in [1.54, 1.807) is 24.3 Å². The van der Waals surface area contributed by atoms with Gasteiger partial charge in [-0.3, -0.25) is 9.59 Å². The molecule has 1 aliphatic heterocycles. The number of amides is 2. The predicted octanol–water partition coefficient (Wildman–Crippen LogP) is 1.50. The largest absolute Gasteiger partial charge is 0.366 e. The maximum atomic E-state index is 12.5. The molecular weight excluding hydrogens is 254 g/mol. The van der Waals surface area contributed by atoms with E-state index in [0.29, 0.717) is 11.3 Å². The molecule has 2 rings (SSSR count). The van der Waals surface area contributed by atoms with E-state index in [2.05, 4.69) is 10.6 Å². The molecule has 108 valence electrons. The summed E-state index contributed by atoms with van der Waals surface area (Å²) in [7, 11) is 0. The smallest absolute Gasteiger partial charge is 0.248 e. The van der Waals surface area contributed by atoms with Crippen LogP contribution in [0.2, 0.25) is 0 Å². The molecule has 4 N–H and O–H groups in total. The van der Waals surface area contributed by atoms with Crippen LogP contribution in [0.3, 0.4) is 0 Å². The Kier molecular flexibility index (Phi) is 4.39. The van der Waals surface area contributed by atoms with Gasteiger partial charge in [0.25, 0.3) is 0 Å². The highest BCUT2D eigenvalue weighted by atomic mass is 16.2. The molecule has 2 amide bonds. The quantitative estimate of drug-likeness (QED) is 0.778. The third-order valence-electron chi connectivity index (χ3n) is 4.12. The number of primary amides is 1. The summed E-state index contributed by atoms with van der Waals surface area (Å²) < 4.78 is 0. The van der Waals surface area contributed by atoms with Crippen LogP contribution in [0.15, 0.2) is 24.3 Å². The van der Waals surface area contributed by atoms with Crippen molar-refractivity contribution in [1.29, 1.82) is 0 Å². The van der Waals surface area contributed by atoms with E-state index in [-0.39, 0.29) is 11.3 Å². The maximum Gasteiger partial charge on any atom is 0.248 e. The summed E-state index contributed by atoms with van der Waals surface area (Å²) in [6.45, 7) is 3.77. The van der Waals surface area contributed by atoms with Crippen LogP contribution < -0.4 is 16.4 Å². The molecule has 1 aromatic rings. The van der Waals surface area contributed by atoms with Gasteiger partial charge in [0.05, 0.1) is 5.41 Å². The van der Waals surface area contributed by atoms with Crippen molar-refractivity contribution in [2.24, 2.45) is 11.1 Å². The molecule has 20 heavy (non-hydrogen) atoms. The fraction of sp³-hybridized carbons (Fsp3) is 0.467. The van der Waals surface area contributed by atoms with E-state index in [9.17, 15) is 9.59 Å². The van der Waals surface area contributed by atoms with Crippen molar-refractivity contribution in [2.75, 3.05) is 18.4 Å². The molecule has 0 radical (unpaired) electrons. The van der Waals surface area contributed by atoms with E-state index in [1.165, 1.54) is 0 Å². The Balaban J connectivity index is 2.14. The summed E-state index contributed by atoms with van der Waals surface area (Å²) in [6.07, 6.45) is 2.49. The van der Waals surface area contributed by atoms with Crippen LogP contribution in [-0.2, 0) is 4.79 Å². The highest BCUT2D eigenvalue weighted by Crippen LogP contribution is 2.33. The van der Waals surface area contributed by atoms with Gasteiger partial charge in [0.2, 0.25) is 11.8 Å². The van der Waals surface area contributed by atoms with Crippen molar-refractivity contribution in [1.82, 2.24) is 5.32 Å². The summed E-state index contributed by atoms with van der Waals surface area (Å²) in [5, 5.41) is 6.20. The molecule has 1 saturated heterocycles. The van der Waals surface area contributed by atoms with Crippen molar-refractivity contribution in [2.45, 2.75) is 26.2 Å². The fourth-order valence-electron chi connectivity index (χ4n) is 2.66. The third kappa shape index (κ3) is 2.99. The Bertz CT molecular complexity index is 508. The number of hydrogen-bond donors (Lipinski definition) is 3. The number of benzene rings is 1. The molecule has 0 aliphatic carbocycles. The fourth-order valence-corrected chi connectivity index (χ4v) is 2.66. The van der Waals surface area contributed by atoms with Crippen LogP contribution >= 0.6 is 0 Å². The first-order valence-electron chi connectivity index (χ1n) is 6.99. The van der Waals surface area contributed by atoms with Crippen LogP contribution in [0.5, 0.6) is 0 Å². The Morgan fingerprint density at radius 3 is 2.65 bits per heavy atom. The number of hydrogen-bond acceptors (Lipinski definition) is 3. The van der Waals surface area contributed by atoms with E-state index < -0.39 is 5.91 Å². The van der Waals surface area contributed by atoms with E-state index in [4.69, 9.17) is 5.73 Å². The lowest BCUT2D eigenvalue weighted by Crippen LogP contribution is -2.44. The van der Waals surface area contributed by atoms with Crippen LogP contribution in [0.1, 0.15) is 36.5 Å². The highest BCUT2D eigenvalue weighted by Gasteiger charge is 2.37. The lowest BCUT2D eigenvalue weighted by Gasteiger charge is -2.35. The molecule has 0 aromatic heterocycles. The first kappa shape index (κ1) is 14.5. The molecule has 0 atom stereocenters. The monoisotopic (exact) mass is 275 g/mol. The highest BCUT2D eigenvalue weighted by molar-refractivity contribution is 5.98. The number of carbonyl (C=O) groups excluding carboxylic acids is 2. The average molecular weight is 275 g/mol. The lowest BCUT2D eigenvalue weighted by atomic mass is 9.76. The molecule has 0 unspecified atom stereocenters. The SMILES string of the molecule is CCC1(C(=O)Nc2cccc(C(N)=O)c2)CCNCC1. The van der Waals surface area contributed by atoms with Gasteiger partial charge in [-0.25, -0.2) is 0 Å². The minimum atomic E-state index is -0.492. The summed E-state index contributed by atoms with van der Waals surface area (Å²) in [4.78, 5) is 23.7. The second kappa shape index (κ2) is 6.05. The van der Waals surface area contributed by atoms with Crippen molar-refractivity contribution in [3.8, 4) is 0 Å². The van der Waals surface area contributed by atoms with Gasteiger partial charge < -0.3 is 16.4 Å². The molecular formula is C15H21N3O2. The Hall–Kier alpha value is -1.88. The standard InChI is InChI=1S/C15H21N3O2/c1-2-15(6-8-17-9-7-15)14(20)18-12-5-3-4-11(10-12)13(16)19/h3-5,10,17H,2,6-9H2,1H3,(H2,16,19)(H,18,20). The molecule has 0 spiro atoms. The van der Waals surface area contributed by atoms with Gasteiger partial charge in [-0.1, -0.05) is 13.0 Å². The zero-order valence-electron chi connectivity index (χ0n) is 11.7.